The highest BCUT2D eigenvalue weighted by atomic mass is 15.2. The van der Waals surface area contributed by atoms with E-state index < -0.39 is 0 Å². The fourth-order valence-corrected chi connectivity index (χ4v) is 2.01. The van der Waals surface area contributed by atoms with Crippen LogP contribution in [-0.4, -0.2) is 0 Å². The molecule has 0 bridgehead atoms. The van der Waals surface area contributed by atoms with E-state index in [0.29, 0.717) is 0 Å². The largest absolute Gasteiger partial charge is 0.344 e. The molecule has 0 aromatic rings. The average molecular weight is 228 g/mol. The summed E-state index contributed by atoms with van der Waals surface area (Å²) in [5.41, 5.74) is 3.63. The normalized spacial score (nSPS) is 20.8. The molecule has 0 atom stereocenters. The maximum absolute atomic E-state index is 3.94. The van der Waals surface area contributed by atoms with Crippen molar-refractivity contribution < 1.29 is 0 Å². The van der Waals surface area contributed by atoms with Crippen LogP contribution in [0.5, 0.6) is 0 Å². The lowest BCUT2D eigenvalue weighted by Crippen LogP contribution is -2.11. The first-order valence-electron chi connectivity index (χ1n) is 6.16. The van der Waals surface area contributed by atoms with E-state index >= 15 is 0 Å². The standard InChI is InChI=1S/C15H20N2/c1-4-6-7-13(5-2)15-14(10-12-8-9-12)16-11(3)17-15/h4-7,12,16-17H,1,3,8-10H2,2H3/b7-6-,13-5+. The third kappa shape index (κ3) is 2.90. The third-order valence-corrected chi connectivity index (χ3v) is 3.08. The van der Waals surface area contributed by atoms with E-state index in [-0.39, 0.29) is 0 Å². The summed E-state index contributed by atoms with van der Waals surface area (Å²) in [5.74, 6) is 1.74. The van der Waals surface area contributed by atoms with Crippen LogP contribution in [0.1, 0.15) is 26.2 Å². The molecule has 1 fully saturated rings. The van der Waals surface area contributed by atoms with Crippen LogP contribution in [0.3, 0.4) is 0 Å². The molecule has 0 radical (unpaired) electrons. The van der Waals surface area contributed by atoms with Crippen molar-refractivity contribution in [3.63, 3.8) is 0 Å². The molecular weight excluding hydrogens is 208 g/mol. The van der Waals surface area contributed by atoms with Crippen molar-refractivity contribution in [3.05, 3.63) is 60.3 Å². The van der Waals surface area contributed by atoms with Crippen molar-refractivity contribution in [1.82, 2.24) is 10.6 Å². The van der Waals surface area contributed by atoms with E-state index in [2.05, 4.69) is 35.9 Å². The van der Waals surface area contributed by atoms with Crippen molar-refractivity contribution in [2.75, 3.05) is 0 Å². The zero-order valence-electron chi connectivity index (χ0n) is 10.4. The highest BCUT2D eigenvalue weighted by Gasteiger charge is 2.27. The second-order valence-electron chi connectivity index (χ2n) is 4.57. The van der Waals surface area contributed by atoms with Crippen molar-refractivity contribution in [2.45, 2.75) is 26.2 Å². The first-order chi connectivity index (χ1) is 8.24. The maximum atomic E-state index is 3.94. The van der Waals surface area contributed by atoms with Gasteiger partial charge in [-0.1, -0.05) is 37.5 Å². The van der Waals surface area contributed by atoms with Crippen molar-refractivity contribution >= 4 is 0 Å². The molecule has 90 valence electrons. The first kappa shape index (κ1) is 11.8. The minimum atomic E-state index is 0.863. The Labute approximate surface area is 103 Å². The van der Waals surface area contributed by atoms with Gasteiger partial charge in [-0.15, -0.1) is 0 Å². The Morgan fingerprint density at radius 2 is 2.18 bits per heavy atom. The average Bonchev–Trinajstić information content (AvgIpc) is 3.04. The molecule has 17 heavy (non-hydrogen) atoms. The Morgan fingerprint density at radius 1 is 1.41 bits per heavy atom. The maximum Gasteiger partial charge on any atom is 0.100 e. The Hall–Kier alpha value is -1.70. The van der Waals surface area contributed by atoms with Crippen molar-refractivity contribution in [2.24, 2.45) is 5.92 Å². The number of nitrogens with one attached hydrogen (secondary N) is 2. The monoisotopic (exact) mass is 228 g/mol. The van der Waals surface area contributed by atoms with Gasteiger partial charge in [0.1, 0.15) is 5.82 Å². The first-order valence-corrected chi connectivity index (χ1v) is 6.16. The number of rotatable bonds is 5. The lowest BCUT2D eigenvalue weighted by molar-refractivity contribution is 0.772. The molecule has 2 nitrogen and oxygen atoms in total. The van der Waals surface area contributed by atoms with Crippen LogP contribution in [0, 0.1) is 5.92 Å². The van der Waals surface area contributed by atoms with Crippen LogP contribution < -0.4 is 10.6 Å². The molecule has 0 unspecified atom stereocenters. The van der Waals surface area contributed by atoms with Crippen LogP contribution >= 0.6 is 0 Å². The predicted molar refractivity (Wildman–Crippen MR) is 72.9 cm³/mol. The van der Waals surface area contributed by atoms with Crippen molar-refractivity contribution in [3.8, 4) is 0 Å². The molecule has 0 amide bonds. The number of hydrogen-bond donors (Lipinski definition) is 2. The minimum absolute atomic E-state index is 0.863. The van der Waals surface area contributed by atoms with Gasteiger partial charge < -0.3 is 10.6 Å². The smallest absolute Gasteiger partial charge is 0.100 e. The van der Waals surface area contributed by atoms with Gasteiger partial charge in [0.05, 0.1) is 5.70 Å². The molecule has 2 N–H and O–H groups in total. The van der Waals surface area contributed by atoms with Gasteiger partial charge in [-0.05, 0) is 37.7 Å². The zero-order valence-corrected chi connectivity index (χ0v) is 10.4. The molecule has 1 aliphatic carbocycles. The summed E-state index contributed by atoms with van der Waals surface area (Å²) in [6.45, 7) is 9.70. The Kier molecular flexibility index (Phi) is 3.52. The molecule has 0 spiro atoms. The molecule has 2 rings (SSSR count). The van der Waals surface area contributed by atoms with Gasteiger partial charge in [-0.3, -0.25) is 0 Å². The van der Waals surface area contributed by atoms with Crippen LogP contribution in [0.4, 0.5) is 0 Å². The molecular formula is C15H20N2. The van der Waals surface area contributed by atoms with Gasteiger partial charge in [0.25, 0.3) is 0 Å². The molecule has 0 saturated heterocycles. The van der Waals surface area contributed by atoms with Crippen LogP contribution in [0.15, 0.2) is 60.3 Å². The van der Waals surface area contributed by atoms with Crippen molar-refractivity contribution in [1.29, 1.82) is 0 Å². The summed E-state index contributed by atoms with van der Waals surface area (Å²) in [4.78, 5) is 0. The fraction of sp³-hybridized carbons (Fsp3) is 0.333. The quantitative estimate of drug-likeness (QED) is 0.705. The highest BCUT2D eigenvalue weighted by molar-refractivity contribution is 5.46. The topological polar surface area (TPSA) is 24.1 Å². The van der Waals surface area contributed by atoms with E-state index in [4.69, 9.17) is 0 Å². The highest BCUT2D eigenvalue weighted by Crippen LogP contribution is 2.37. The van der Waals surface area contributed by atoms with E-state index in [0.717, 1.165) is 18.2 Å². The van der Waals surface area contributed by atoms with Crippen LogP contribution in [0.2, 0.25) is 0 Å². The predicted octanol–water partition coefficient (Wildman–Crippen LogP) is 3.35. The summed E-state index contributed by atoms with van der Waals surface area (Å²) in [7, 11) is 0. The molecule has 0 aromatic carbocycles. The Morgan fingerprint density at radius 3 is 2.76 bits per heavy atom. The molecule has 1 heterocycles. The Bertz CT molecular complexity index is 420. The third-order valence-electron chi connectivity index (χ3n) is 3.08. The van der Waals surface area contributed by atoms with E-state index in [9.17, 15) is 0 Å². The summed E-state index contributed by atoms with van der Waals surface area (Å²) < 4.78 is 0. The summed E-state index contributed by atoms with van der Waals surface area (Å²) in [5, 5.41) is 6.66. The second-order valence-corrected chi connectivity index (χ2v) is 4.57. The minimum Gasteiger partial charge on any atom is -0.344 e. The summed E-state index contributed by atoms with van der Waals surface area (Å²) in [6, 6.07) is 0. The summed E-state index contributed by atoms with van der Waals surface area (Å²) in [6.07, 6.45) is 11.8. The van der Waals surface area contributed by atoms with Crippen LogP contribution in [0.25, 0.3) is 0 Å². The molecule has 2 heteroatoms. The SMILES string of the molecule is C=C/C=C\C(=C/C)C1=C(CC2CC2)NC(=C)N1. The number of hydrogen-bond acceptors (Lipinski definition) is 2. The van der Waals surface area contributed by atoms with Gasteiger partial charge in [0, 0.05) is 5.70 Å². The van der Waals surface area contributed by atoms with E-state index in [1.54, 1.807) is 6.08 Å². The fourth-order valence-electron chi connectivity index (χ4n) is 2.01. The van der Waals surface area contributed by atoms with E-state index in [1.807, 2.05) is 13.0 Å². The lowest BCUT2D eigenvalue weighted by Gasteiger charge is -2.06. The molecule has 2 aliphatic rings. The summed E-state index contributed by atoms with van der Waals surface area (Å²) >= 11 is 0. The molecule has 1 aliphatic heterocycles. The Balaban J connectivity index is 2.20. The van der Waals surface area contributed by atoms with Gasteiger partial charge >= 0.3 is 0 Å². The van der Waals surface area contributed by atoms with Gasteiger partial charge in [0.15, 0.2) is 0 Å². The van der Waals surface area contributed by atoms with Gasteiger partial charge in [-0.25, -0.2) is 0 Å². The molecule has 0 aromatic heterocycles. The second kappa shape index (κ2) is 5.09. The number of allylic oxidation sites excluding steroid dienone is 5. The zero-order chi connectivity index (χ0) is 12.3. The van der Waals surface area contributed by atoms with Gasteiger partial charge in [-0.2, -0.15) is 0 Å². The molecule has 1 saturated carbocycles. The lowest BCUT2D eigenvalue weighted by atomic mass is 10.1. The van der Waals surface area contributed by atoms with Crippen LogP contribution in [-0.2, 0) is 0 Å². The van der Waals surface area contributed by atoms with Gasteiger partial charge in [0.2, 0.25) is 0 Å². The van der Waals surface area contributed by atoms with E-state index in [1.165, 1.54) is 29.8 Å².